The van der Waals surface area contributed by atoms with Gasteiger partial charge in [-0.05, 0) is 41.5 Å². The second-order valence-corrected chi connectivity index (χ2v) is 5.77. The van der Waals surface area contributed by atoms with E-state index in [4.69, 9.17) is 0 Å². The Labute approximate surface area is 137 Å². The fraction of sp³-hybridized carbons (Fsp3) is 0.400. The van der Waals surface area contributed by atoms with E-state index in [1.807, 2.05) is 6.92 Å². The molecule has 1 aliphatic rings. The van der Waals surface area contributed by atoms with Gasteiger partial charge in [0.1, 0.15) is 11.4 Å². The van der Waals surface area contributed by atoms with Gasteiger partial charge < -0.3 is 5.32 Å². The molecule has 1 aliphatic heterocycles. The second-order valence-electron chi connectivity index (χ2n) is 5.77. The van der Waals surface area contributed by atoms with Crippen molar-refractivity contribution >= 4 is 11.9 Å². The summed E-state index contributed by atoms with van der Waals surface area (Å²) in [7, 11) is 0. The number of benzene rings is 1. The van der Waals surface area contributed by atoms with Crippen LogP contribution in [-0.2, 0) is 23.4 Å². The maximum Gasteiger partial charge on any atom is 0.325 e. The van der Waals surface area contributed by atoms with Gasteiger partial charge in [-0.25, -0.2) is 13.9 Å². The maximum absolute atomic E-state index is 13.1. The number of rotatable bonds is 5. The van der Waals surface area contributed by atoms with E-state index in [1.165, 1.54) is 24.3 Å². The number of urea groups is 1. The predicted octanol–water partition coefficient (Wildman–Crippen LogP) is 1.19. The quantitative estimate of drug-likeness (QED) is 0.830. The first-order chi connectivity index (χ1) is 11.5. The van der Waals surface area contributed by atoms with Crippen molar-refractivity contribution in [2.45, 2.75) is 38.9 Å². The van der Waals surface area contributed by atoms with Crippen LogP contribution in [0.4, 0.5) is 9.18 Å². The summed E-state index contributed by atoms with van der Waals surface area (Å²) in [6.45, 7) is 4.15. The average Bonchev–Trinajstić information content (AvgIpc) is 3.07. The van der Waals surface area contributed by atoms with Gasteiger partial charge in [0.05, 0.1) is 6.54 Å². The summed E-state index contributed by atoms with van der Waals surface area (Å²) >= 11 is 0. The normalized spacial score (nSPS) is 20.5. The maximum atomic E-state index is 13.1. The van der Waals surface area contributed by atoms with E-state index in [0.717, 1.165) is 11.3 Å². The number of amides is 3. The number of aromatic nitrogens is 4. The third kappa shape index (κ3) is 2.61. The number of hydrogen-bond acceptors (Lipinski definition) is 5. The summed E-state index contributed by atoms with van der Waals surface area (Å²) in [4.78, 5) is 26.1. The van der Waals surface area contributed by atoms with Crippen LogP contribution in [0.1, 0.15) is 31.7 Å². The molecule has 0 spiro atoms. The number of nitrogens with zero attached hydrogens (tertiary/aromatic N) is 5. The van der Waals surface area contributed by atoms with Crippen molar-refractivity contribution in [3.8, 4) is 0 Å². The number of nitrogens with one attached hydrogen (secondary N) is 1. The lowest BCUT2D eigenvalue weighted by molar-refractivity contribution is -0.131. The Morgan fingerprint density at radius 3 is 2.62 bits per heavy atom. The highest BCUT2D eigenvalue weighted by atomic mass is 19.1. The van der Waals surface area contributed by atoms with Crippen LogP contribution < -0.4 is 5.32 Å². The third-order valence-corrected chi connectivity index (χ3v) is 4.04. The fourth-order valence-electron chi connectivity index (χ4n) is 2.68. The molecule has 0 aliphatic carbocycles. The minimum absolute atomic E-state index is 0.0194. The molecule has 9 heteroatoms. The zero-order chi connectivity index (χ0) is 17.3. The summed E-state index contributed by atoms with van der Waals surface area (Å²) < 4.78 is 14.7. The van der Waals surface area contributed by atoms with Crippen LogP contribution in [0.3, 0.4) is 0 Å². The molecule has 1 atom stereocenters. The molecule has 24 heavy (non-hydrogen) atoms. The van der Waals surface area contributed by atoms with Crippen LogP contribution in [0.5, 0.6) is 0 Å². The van der Waals surface area contributed by atoms with Crippen molar-refractivity contribution in [3.63, 3.8) is 0 Å². The summed E-state index contributed by atoms with van der Waals surface area (Å²) in [5, 5.41) is 14.0. The van der Waals surface area contributed by atoms with Gasteiger partial charge in [0, 0.05) is 6.54 Å². The number of carbonyl (C=O) groups excluding carboxylic acids is 2. The van der Waals surface area contributed by atoms with Gasteiger partial charge >= 0.3 is 6.03 Å². The fourth-order valence-corrected chi connectivity index (χ4v) is 2.68. The van der Waals surface area contributed by atoms with Crippen molar-refractivity contribution < 1.29 is 14.0 Å². The predicted molar refractivity (Wildman–Crippen MR) is 80.9 cm³/mol. The van der Waals surface area contributed by atoms with Gasteiger partial charge in [0.25, 0.3) is 5.91 Å². The van der Waals surface area contributed by atoms with Crippen LogP contribution >= 0.6 is 0 Å². The van der Waals surface area contributed by atoms with Crippen molar-refractivity contribution in [3.05, 3.63) is 41.5 Å². The van der Waals surface area contributed by atoms with E-state index in [0.29, 0.717) is 17.9 Å². The molecule has 1 unspecified atom stereocenters. The van der Waals surface area contributed by atoms with E-state index in [2.05, 4.69) is 20.8 Å². The lowest BCUT2D eigenvalue weighted by Gasteiger charge is -2.22. The van der Waals surface area contributed by atoms with E-state index in [-0.39, 0.29) is 6.54 Å². The molecule has 1 aromatic carbocycles. The SMILES string of the molecule is CCCn1nnnc1CN1C(=O)NC(C)(c2ccc(F)cc2)C1=O. The molecule has 2 heterocycles. The molecular weight excluding hydrogens is 315 g/mol. The van der Waals surface area contributed by atoms with Gasteiger partial charge in [-0.15, -0.1) is 5.10 Å². The molecule has 126 valence electrons. The summed E-state index contributed by atoms with van der Waals surface area (Å²) in [5.74, 6) is -0.399. The monoisotopic (exact) mass is 332 g/mol. The number of tetrazole rings is 1. The number of aryl methyl sites for hydroxylation is 1. The Morgan fingerprint density at radius 2 is 1.96 bits per heavy atom. The summed E-state index contributed by atoms with van der Waals surface area (Å²) in [5.41, 5.74) is -0.730. The highest BCUT2D eigenvalue weighted by Gasteiger charge is 2.49. The number of imide groups is 1. The van der Waals surface area contributed by atoms with Crippen molar-refractivity contribution in [1.82, 2.24) is 30.4 Å². The number of hydrogen-bond donors (Lipinski definition) is 1. The molecule has 0 saturated carbocycles. The number of halogens is 1. The van der Waals surface area contributed by atoms with Crippen LogP contribution in [-0.4, -0.2) is 37.0 Å². The average molecular weight is 332 g/mol. The zero-order valence-corrected chi connectivity index (χ0v) is 13.4. The molecule has 1 aromatic heterocycles. The Kier molecular flexibility index (Phi) is 4.00. The minimum atomic E-state index is -1.24. The first-order valence-corrected chi connectivity index (χ1v) is 7.61. The van der Waals surface area contributed by atoms with Crippen LogP contribution in [0.2, 0.25) is 0 Å². The highest BCUT2D eigenvalue weighted by molar-refractivity contribution is 6.07. The Hall–Kier alpha value is -2.84. The van der Waals surface area contributed by atoms with Crippen LogP contribution in [0, 0.1) is 5.82 Å². The third-order valence-electron chi connectivity index (χ3n) is 4.04. The first kappa shape index (κ1) is 16.0. The molecule has 3 rings (SSSR count). The molecule has 0 radical (unpaired) electrons. The Morgan fingerprint density at radius 1 is 1.25 bits per heavy atom. The lowest BCUT2D eigenvalue weighted by Crippen LogP contribution is -2.40. The Balaban J connectivity index is 1.86. The molecule has 1 fully saturated rings. The topological polar surface area (TPSA) is 93.0 Å². The zero-order valence-electron chi connectivity index (χ0n) is 13.4. The van der Waals surface area contributed by atoms with E-state index in [1.54, 1.807) is 11.6 Å². The van der Waals surface area contributed by atoms with E-state index >= 15 is 0 Å². The summed E-state index contributed by atoms with van der Waals surface area (Å²) in [6, 6.07) is 4.95. The van der Waals surface area contributed by atoms with E-state index < -0.39 is 23.3 Å². The second kappa shape index (κ2) is 5.99. The molecule has 0 bridgehead atoms. The smallest absolute Gasteiger partial charge is 0.319 e. The largest absolute Gasteiger partial charge is 0.325 e. The van der Waals surface area contributed by atoms with Crippen molar-refractivity contribution in [2.24, 2.45) is 0 Å². The molecule has 8 nitrogen and oxygen atoms in total. The van der Waals surface area contributed by atoms with Gasteiger partial charge in [-0.2, -0.15) is 0 Å². The minimum Gasteiger partial charge on any atom is -0.319 e. The highest BCUT2D eigenvalue weighted by Crippen LogP contribution is 2.29. The first-order valence-electron chi connectivity index (χ1n) is 7.61. The lowest BCUT2D eigenvalue weighted by atomic mass is 9.92. The van der Waals surface area contributed by atoms with Gasteiger partial charge in [0.15, 0.2) is 5.82 Å². The van der Waals surface area contributed by atoms with Gasteiger partial charge in [0.2, 0.25) is 0 Å². The van der Waals surface area contributed by atoms with Crippen LogP contribution in [0.15, 0.2) is 24.3 Å². The van der Waals surface area contributed by atoms with E-state index in [9.17, 15) is 14.0 Å². The molecule has 1 N–H and O–H groups in total. The standard InChI is InChI=1S/C15H17FN6O2/c1-3-8-22-12(18-19-20-22)9-21-13(23)15(2,17-14(21)24)10-4-6-11(16)7-5-10/h4-7H,3,8-9H2,1-2H3,(H,17,24). The summed E-state index contributed by atoms with van der Waals surface area (Å²) in [6.07, 6.45) is 0.825. The van der Waals surface area contributed by atoms with Crippen molar-refractivity contribution in [1.29, 1.82) is 0 Å². The molecular formula is C15H17FN6O2. The van der Waals surface area contributed by atoms with Gasteiger partial charge in [-0.3, -0.25) is 9.69 Å². The molecule has 1 saturated heterocycles. The molecule has 3 amide bonds. The van der Waals surface area contributed by atoms with Crippen LogP contribution in [0.25, 0.3) is 0 Å². The van der Waals surface area contributed by atoms with Crippen molar-refractivity contribution in [2.75, 3.05) is 0 Å². The Bertz CT molecular complexity index is 775. The number of carbonyl (C=O) groups is 2. The molecule has 2 aromatic rings. The van der Waals surface area contributed by atoms with Gasteiger partial charge in [-0.1, -0.05) is 19.1 Å².